The number of carbonyl (C=O) groups excluding carboxylic acids is 2. The molecule has 1 aromatic rings. The second-order valence-corrected chi connectivity index (χ2v) is 7.65. The summed E-state index contributed by atoms with van der Waals surface area (Å²) in [5, 5.41) is 0. The predicted octanol–water partition coefficient (Wildman–Crippen LogP) is 3.36. The van der Waals surface area contributed by atoms with Crippen molar-refractivity contribution < 1.29 is 14.3 Å². The monoisotopic (exact) mass is 318 g/mol. The van der Waals surface area contributed by atoms with Crippen molar-refractivity contribution in [1.82, 2.24) is 4.90 Å². The largest absolute Gasteiger partial charge is 0.444 e. The van der Waals surface area contributed by atoms with Gasteiger partial charge in [-0.15, -0.1) is 0 Å². The molecule has 126 valence electrons. The van der Waals surface area contributed by atoms with Crippen molar-refractivity contribution in [3.8, 4) is 0 Å². The lowest BCUT2D eigenvalue weighted by molar-refractivity contribution is -0.124. The molecule has 0 aromatic heterocycles. The van der Waals surface area contributed by atoms with Crippen molar-refractivity contribution in [2.75, 3.05) is 18.0 Å². The fourth-order valence-corrected chi connectivity index (χ4v) is 2.71. The van der Waals surface area contributed by atoms with Gasteiger partial charge >= 0.3 is 6.09 Å². The Morgan fingerprint density at radius 2 is 1.83 bits per heavy atom. The maximum absolute atomic E-state index is 12.6. The molecule has 0 radical (unpaired) electrons. The van der Waals surface area contributed by atoms with Crippen LogP contribution in [0.1, 0.15) is 40.2 Å². The Kier molecular flexibility index (Phi) is 4.42. The Morgan fingerprint density at radius 1 is 1.22 bits per heavy atom. The van der Waals surface area contributed by atoms with Gasteiger partial charge in [-0.1, -0.05) is 18.2 Å². The highest BCUT2D eigenvalue weighted by Crippen LogP contribution is 2.29. The lowest BCUT2D eigenvalue weighted by Gasteiger charge is -2.46. The molecule has 5 heteroatoms. The summed E-state index contributed by atoms with van der Waals surface area (Å²) in [6.07, 6.45) is -0.444. The molecule has 1 aliphatic rings. The topological polar surface area (TPSA) is 49.9 Å². The van der Waals surface area contributed by atoms with Gasteiger partial charge < -0.3 is 9.64 Å². The second-order valence-electron chi connectivity index (χ2n) is 7.65. The number of amides is 2. The molecule has 0 unspecified atom stereocenters. The van der Waals surface area contributed by atoms with E-state index in [2.05, 4.69) is 0 Å². The van der Waals surface area contributed by atoms with Crippen molar-refractivity contribution in [3.05, 3.63) is 29.8 Å². The highest BCUT2D eigenvalue weighted by atomic mass is 16.6. The van der Waals surface area contributed by atoms with Crippen molar-refractivity contribution in [2.45, 2.75) is 52.7 Å². The number of hydrogen-bond acceptors (Lipinski definition) is 3. The smallest absolute Gasteiger partial charge is 0.411 e. The summed E-state index contributed by atoms with van der Waals surface area (Å²) in [7, 11) is 0. The number of benzene rings is 1. The van der Waals surface area contributed by atoms with Gasteiger partial charge in [0, 0.05) is 12.2 Å². The molecule has 1 aromatic carbocycles. The summed E-state index contributed by atoms with van der Waals surface area (Å²) >= 11 is 0. The van der Waals surface area contributed by atoms with Crippen LogP contribution in [0, 0.1) is 6.92 Å². The van der Waals surface area contributed by atoms with E-state index in [1.165, 1.54) is 4.90 Å². The Labute approximate surface area is 138 Å². The zero-order chi connectivity index (χ0) is 17.4. The van der Waals surface area contributed by atoms with E-state index in [0.717, 1.165) is 11.3 Å². The van der Waals surface area contributed by atoms with E-state index in [1.54, 1.807) is 4.90 Å². The second kappa shape index (κ2) is 5.87. The normalized spacial score (nSPS) is 18.1. The van der Waals surface area contributed by atoms with Gasteiger partial charge in [0.15, 0.2) is 0 Å². The molecule has 23 heavy (non-hydrogen) atoms. The highest BCUT2D eigenvalue weighted by molar-refractivity contribution is 5.98. The third kappa shape index (κ3) is 3.84. The molecule has 2 amide bonds. The van der Waals surface area contributed by atoms with Crippen LogP contribution in [0.2, 0.25) is 0 Å². The van der Waals surface area contributed by atoms with E-state index in [0.29, 0.717) is 6.54 Å². The average molecular weight is 318 g/mol. The molecule has 0 N–H and O–H groups in total. The number of hydrogen-bond donors (Lipinski definition) is 0. The number of piperazine rings is 1. The molecule has 1 heterocycles. The van der Waals surface area contributed by atoms with E-state index in [4.69, 9.17) is 4.74 Å². The molecular formula is C18H26N2O3. The summed E-state index contributed by atoms with van der Waals surface area (Å²) in [5.74, 6) is -0.0931. The van der Waals surface area contributed by atoms with Crippen molar-refractivity contribution in [3.63, 3.8) is 0 Å². The fraction of sp³-hybridized carbons (Fsp3) is 0.556. The first-order valence-corrected chi connectivity index (χ1v) is 7.88. The molecule has 2 rings (SSSR count). The number of rotatable bonds is 1. The lowest BCUT2D eigenvalue weighted by atomic mass is 9.98. The molecule has 0 bridgehead atoms. The Balaban J connectivity index is 2.24. The molecule has 5 nitrogen and oxygen atoms in total. The summed E-state index contributed by atoms with van der Waals surface area (Å²) in [6, 6.07) is 7.79. The van der Waals surface area contributed by atoms with Crippen LogP contribution < -0.4 is 4.90 Å². The molecule has 0 atom stereocenters. The quantitative estimate of drug-likeness (QED) is 0.798. The number of nitrogens with zero attached hydrogens (tertiary/aromatic N) is 2. The van der Waals surface area contributed by atoms with Gasteiger partial charge in [0.1, 0.15) is 12.1 Å². The van der Waals surface area contributed by atoms with Gasteiger partial charge in [0.05, 0.1) is 5.54 Å². The van der Waals surface area contributed by atoms with Crippen LogP contribution >= 0.6 is 0 Å². The molecule has 1 aliphatic heterocycles. The maximum atomic E-state index is 12.6. The lowest BCUT2D eigenvalue weighted by Crippen LogP contribution is -2.64. The minimum atomic E-state index is -0.580. The third-order valence-electron chi connectivity index (χ3n) is 3.89. The van der Waals surface area contributed by atoms with Gasteiger partial charge in [-0.2, -0.15) is 0 Å². The number of para-hydroxylation sites is 1. The fourth-order valence-electron chi connectivity index (χ4n) is 2.71. The van der Waals surface area contributed by atoms with Crippen LogP contribution in [0.4, 0.5) is 10.5 Å². The van der Waals surface area contributed by atoms with Gasteiger partial charge in [0.25, 0.3) is 0 Å². The van der Waals surface area contributed by atoms with Crippen LogP contribution in [-0.4, -0.2) is 41.1 Å². The minimum Gasteiger partial charge on any atom is -0.444 e. The standard InChI is InChI=1S/C18H26N2O3/c1-13-9-7-8-10-14(13)19-12-18(5,6)20(11-15(19)21)16(22)23-17(2,3)4/h7-10H,11-12H2,1-6H3. The summed E-state index contributed by atoms with van der Waals surface area (Å²) in [6.45, 7) is 11.8. The van der Waals surface area contributed by atoms with Crippen LogP contribution in [-0.2, 0) is 9.53 Å². The molecule has 0 aliphatic carbocycles. The van der Waals surface area contributed by atoms with Crippen molar-refractivity contribution in [2.24, 2.45) is 0 Å². The number of aryl methyl sites for hydroxylation is 1. The number of carbonyl (C=O) groups is 2. The minimum absolute atomic E-state index is 0.0241. The van der Waals surface area contributed by atoms with Gasteiger partial charge in [-0.3, -0.25) is 9.69 Å². The van der Waals surface area contributed by atoms with Crippen LogP contribution in [0.5, 0.6) is 0 Å². The van der Waals surface area contributed by atoms with E-state index < -0.39 is 17.2 Å². The summed E-state index contributed by atoms with van der Waals surface area (Å²) in [5.41, 5.74) is 0.860. The Bertz CT molecular complexity index is 617. The summed E-state index contributed by atoms with van der Waals surface area (Å²) < 4.78 is 5.44. The van der Waals surface area contributed by atoms with E-state index in [9.17, 15) is 9.59 Å². The zero-order valence-electron chi connectivity index (χ0n) is 14.8. The maximum Gasteiger partial charge on any atom is 0.411 e. The first kappa shape index (κ1) is 17.3. The Hall–Kier alpha value is -2.04. The number of anilines is 1. The molecule has 1 fully saturated rings. The van der Waals surface area contributed by atoms with E-state index >= 15 is 0 Å². The van der Waals surface area contributed by atoms with Crippen molar-refractivity contribution >= 4 is 17.7 Å². The van der Waals surface area contributed by atoms with Gasteiger partial charge in [-0.05, 0) is 53.2 Å². The predicted molar refractivity (Wildman–Crippen MR) is 90.6 cm³/mol. The molecule has 0 saturated carbocycles. The van der Waals surface area contributed by atoms with E-state index in [1.807, 2.05) is 65.8 Å². The van der Waals surface area contributed by atoms with E-state index in [-0.39, 0.29) is 12.5 Å². The highest BCUT2D eigenvalue weighted by Gasteiger charge is 2.43. The summed E-state index contributed by atoms with van der Waals surface area (Å²) in [4.78, 5) is 28.3. The number of ether oxygens (including phenoxy) is 1. The third-order valence-corrected chi connectivity index (χ3v) is 3.89. The molecular weight excluding hydrogens is 292 g/mol. The SMILES string of the molecule is Cc1ccccc1N1CC(C)(C)N(C(=O)OC(C)(C)C)CC1=O. The van der Waals surface area contributed by atoms with Crippen molar-refractivity contribution in [1.29, 1.82) is 0 Å². The average Bonchev–Trinajstić information content (AvgIpc) is 2.39. The van der Waals surface area contributed by atoms with Crippen LogP contribution in [0.3, 0.4) is 0 Å². The van der Waals surface area contributed by atoms with Crippen LogP contribution in [0.15, 0.2) is 24.3 Å². The molecule has 1 saturated heterocycles. The Morgan fingerprint density at radius 3 is 2.39 bits per heavy atom. The van der Waals surface area contributed by atoms with Gasteiger partial charge in [0.2, 0.25) is 5.91 Å². The first-order valence-electron chi connectivity index (χ1n) is 7.88. The van der Waals surface area contributed by atoms with Crippen LogP contribution in [0.25, 0.3) is 0 Å². The van der Waals surface area contributed by atoms with Gasteiger partial charge in [-0.25, -0.2) is 4.79 Å². The molecule has 0 spiro atoms. The zero-order valence-corrected chi connectivity index (χ0v) is 14.8. The first-order chi connectivity index (χ1) is 10.5.